The van der Waals surface area contributed by atoms with Crippen molar-refractivity contribution >= 4 is 27.5 Å². The van der Waals surface area contributed by atoms with Crippen LogP contribution in [0.25, 0.3) is 0 Å². The first-order valence-corrected chi connectivity index (χ1v) is 9.41. The molecule has 0 radical (unpaired) electrons. The summed E-state index contributed by atoms with van der Waals surface area (Å²) in [5, 5.41) is 3.59. The minimum atomic E-state index is -3.12. The van der Waals surface area contributed by atoms with Crippen LogP contribution in [0.1, 0.15) is 25.3 Å². The normalized spacial score (nSPS) is 17.4. The molecular weight excluding hydrogens is 324 g/mol. The lowest BCUT2D eigenvalue weighted by atomic mass is 10.1. The molecule has 0 bridgehead atoms. The van der Waals surface area contributed by atoms with Gasteiger partial charge in [-0.05, 0) is 37.5 Å². The standard InChI is InChI=1S/C15H21ClN2O3S/c1-2-22(20,21)18-8-6-14(7-9-18)17-15(19)11-12-4-3-5-13(16)10-12/h3-5,10,14H,2,6-9,11H2,1H3,(H,17,19). The number of amides is 1. The Hall–Kier alpha value is -1.11. The first-order chi connectivity index (χ1) is 10.4. The van der Waals surface area contributed by atoms with E-state index in [0.717, 1.165) is 5.56 Å². The zero-order valence-corrected chi connectivity index (χ0v) is 14.2. The molecule has 5 nitrogen and oxygen atoms in total. The van der Waals surface area contributed by atoms with Gasteiger partial charge in [-0.25, -0.2) is 12.7 Å². The Morgan fingerprint density at radius 1 is 1.36 bits per heavy atom. The second-order valence-corrected chi connectivity index (χ2v) is 8.14. The number of nitrogens with one attached hydrogen (secondary N) is 1. The van der Waals surface area contributed by atoms with Gasteiger partial charge in [-0.1, -0.05) is 23.7 Å². The summed E-state index contributed by atoms with van der Waals surface area (Å²) in [6, 6.07) is 7.26. The molecule has 122 valence electrons. The lowest BCUT2D eigenvalue weighted by Crippen LogP contribution is -2.47. The van der Waals surface area contributed by atoms with Gasteiger partial charge in [0.1, 0.15) is 0 Å². The van der Waals surface area contributed by atoms with Crippen LogP contribution < -0.4 is 5.32 Å². The van der Waals surface area contributed by atoms with Crippen LogP contribution in [-0.4, -0.2) is 43.5 Å². The van der Waals surface area contributed by atoms with Crippen LogP contribution in [0.15, 0.2) is 24.3 Å². The van der Waals surface area contributed by atoms with Crippen molar-refractivity contribution in [1.29, 1.82) is 0 Å². The summed E-state index contributed by atoms with van der Waals surface area (Å²) in [5.41, 5.74) is 0.871. The predicted octanol–water partition coefficient (Wildman–Crippen LogP) is 1.81. The maximum Gasteiger partial charge on any atom is 0.224 e. The Bertz CT molecular complexity index is 625. The molecule has 1 amide bonds. The summed E-state index contributed by atoms with van der Waals surface area (Å²) >= 11 is 5.90. The van der Waals surface area contributed by atoms with Gasteiger partial charge in [0.2, 0.25) is 15.9 Å². The summed E-state index contributed by atoms with van der Waals surface area (Å²) in [4.78, 5) is 12.0. The van der Waals surface area contributed by atoms with E-state index in [9.17, 15) is 13.2 Å². The number of hydrogen-bond acceptors (Lipinski definition) is 3. The number of carbonyl (C=O) groups excluding carboxylic acids is 1. The average Bonchev–Trinajstić information content (AvgIpc) is 2.47. The van der Waals surface area contributed by atoms with Crippen molar-refractivity contribution in [2.45, 2.75) is 32.2 Å². The second kappa shape index (κ2) is 7.44. The third-order valence-corrected chi connectivity index (χ3v) is 5.95. The Balaban J connectivity index is 1.82. The van der Waals surface area contributed by atoms with Gasteiger partial charge < -0.3 is 5.32 Å². The monoisotopic (exact) mass is 344 g/mol. The highest BCUT2D eigenvalue weighted by Crippen LogP contribution is 2.15. The van der Waals surface area contributed by atoms with Gasteiger partial charge in [0, 0.05) is 24.2 Å². The Labute approximate surface area is 136 Å². The number of rotatable bonds is 5. The van der Waals surface area contributed by atoms with E-state index in [0.29, 0.717) is 31.0 Å². The maximum atomic E-state index is 12.0. The smallest absolute Gasteiger partial charge is 0.224 e. The highest BCUT2D eigenvalue weighted by Gasteiger charge is 2.27. The van der Waals surface area contributed by atoms with E-state index in [1.54, 1.807) is 19.1 Å². The Morgan fingerprint density at radius 2 is 2.05 bits per heavy atom. The molecule has 2 rings (SSSR count). The number of nitrogens with zero attached hydrogens (tertiary/aromatic N) is 1. The lowest BCUT2D eigenvalue weighted by Gasteiger charge is -2.31. The van der Waals surface area contributed by atoms with E-state index in [4.69, 9.17) is 11.6 Å². The summed E-state index contributed by atoms with van der Waals surface area (Å²) < 4.78 is 25.1. The van der Waals surface area contributed by atoms with Gasteiger partial charge in [-0.3, -0.25) is 4.79 Å². The van der Waals surface area contributed by atoms with Gasteiger partial charge in [0.15, 0.2) is 0 Å². The van der Waals surface area contributed by atoms with Crippen LogP contribution in [0.2, 0.25) is 5.02 Å². The minimum absolute atomic E-state index is 0.0370. The van der Waals surface area contributed by atoms with E-state index in [1.165, 1.54) is 4.31 Å². The van der Waals surface area contributed by atoms with E-state index in [-0.39, 0.29) is 24.1 Å². The molecule has 0 aliphatic carbocycles. The molecule has 1 fully saturated rings. The lowest BCUT2D eigenvalue weighted by molar-refractivity contribution is -0.121. The van der Waals surface area contributed by atoms with Crippen LogP contribution in [0, 0.1) is 0 Å². The molecule has 1 aliphatic rings. The molecule has 1 heterocycles. The number of hydrogen-bond donors (Lipinski definition) is 1. The summed E-state index contributed by atoms with van der Waals surface area (Å²) in [6.07, 6.45) is 1.59. The zero-order chi connectivity index (χ0) is 16.2. The van der Waals surface area contributed by atoms with E-state index in [2.05, 4.69) is 5.32 Å². The maximum absolute atomic E-state index is 12.0. The zero-order valence-electron chi connectivity index (χ0n) is 12.6. The van der Waals surface area contributed by atoms with Crippen molar-refractivity contribution in [3.05, 3.63) is 34.9 Å². The molecule has 1 aromatic rings. The fraction of sp³-hybridized carbons (Fsp3) is 0.533. The van der Waals surface area contributed by atoms with Crippen molar-refractivity contribution in [1.82, 2.24) is 9.62 Å². The number of halogens is 1. The van der Waals surface area contributed by atoms with Crippen molar-refractivity contribution in [3.63, 3.8) is 0 Å². The summed E-state index contributed by atoms with van der Waals surface area (Å²) in [5.74, 6) is 0.0674. The van der Waals surface area contributed by atoms with Gasteiger partial charge in [0.25, 0.3) is 0 Å². The molecule has 22 heavy (non-hydrogen) atoms. The van der Waals surface area contributed by atoms with E-state index >= 15 is 0 Å². The van der Waals surface area contributed by atoms with Crippen LogP contribution >= 0.6 is 11.6 Å². The number of piperidine rings is 1. The molecule has 0 atom stereocenters. The van der Waals surface area contributed by atoms with Crippen molar-refractivity contribution in [2.75, 3.05) is 18.8 Å². The molecule has 0 spiro atoms. The molecule has 7 heteroatoms. The molecule has 0 saturated carbocycles. The first-order valence-electron chi connectivity index (χ1n) is 7.42. The number of sulfonamides is 1. The molecule has 1 saturated heterocycles. The average molecular weight is 345 g/mol. The van der Waals surface area contributed by atoms with Gasteiger partial charge in [0.05, 0.1) is 12.2 Å². The van der Waals surface area contributed by atoms with Gasteiger partial charge in [-0.15, -0.1) is 0 Å². The van der Waals surface area contributed by atoms with E-state index in [1.807, 2.05) is 12.1 Å². The van der Waals surface area contributed by atoms with Crippen molar-refractivity contribution in [2.24, 2.45) is 0 Å². The van der Waals surface area contributed by atoms with Crippen LogP contribution in [0.3, 0.4) is 0 Å². The van der Waals surface area contributed by atoms with Crippen LogP contribution in [0.5, 0.6) is 0 Å². The van der Waals surface area contributed by atoms with Gasteiger partial charge >= 0.3 is 0 Å². The molecule has 0 aromatic heterocycles. The molecule has 0 unspecified atom stereocenters. The molecular formula is C15H21ClN2O3S. The largest absolute Gasteiger partial charge is 0.353 e. The molecule has 1 aliphatic heterocycles. The van der Waals surface area contributed by atoms with E-state index < -0.39 is 10.0 Å². The third kappa shape index (κ3) is 4.69. The second-order valence-electron chi connectivity index (χ2n) is 5.45. The predicted molar refractivity (Wildman–Crippen MR) is 87.4 cm³/mol. The summed E-state index contributed by atoms with van der Waals surface area (Å²) in [6.45, 7) is 2.59. The SMILES string of the molecule is CCS(=O)(=O)N1CCC(NC(=O)Cc2cccc(Cl)c2)CC1. The minimum Gasteiger partial charge on any atom is -0.353 e. The first kappa shape index (κ1) is 17.2. The number of benzene rings is 1. The van der Waals surface area contributed by atoms with Crippen LogP contribution in [0.4, 0.5) is 0 Å². The fourth-order valence-electron chi connectivity index (χ4n) is 2.57. The summed E-state index contributed by atoms with van der Waals surface area (Å²) in [7, 11) is -3.12. The van der Waals surface area contributed by atoms with Crippen molar-refractivity contribution < 1.29 is 13.2 Å². The molecule has 1 aromatic carbocycles. The molecule has 1 N–H and O–H groups in total. The number of carbonyl (C=O) groups is 1. The van der Waals surface area contributed by atoms with Crippen LogP contribution in [-0.2, 0) is 21.2 Å². The highest BCUT2D eigenvalue weighted by atomic mass is 35.5. The Morgan fingerprint density at radius 3 is 2.64 bits per heavy atom. The van der Waals surface area contributed by atoms with Gasteiger partial charge in [-0.2, -0.15) is 0 Å². The fourth-order valence-corrected chi connectivity index (χ4v) is 3.92. The Kier molecular flexibility index (Phi) is 5.83. The quantitative estimate of drug-likeness (QED) is 0.886. The highest BCUT2D eigenvalue weighted by molar-refractivity contribution is 7.89. The van der Waals surface area contributed by atoms with Crippen molar-refractivity contribution in [3.8, 4) is 0 Å². The third-order valence-electron chi connectivity index (χ3n) is 3.83. The topological polar surface area (TPSA) is 66.5 Å².